The van der Waals surface area contributed by atoms with Crippen molar-refractivity contribution in [3.63, 3.8) is 0 Å². The van der Waals surface area contributed by atoms with Crippen molar-refractivity contribution in [1.82, 2.24) is 5.32 Å². The van der Waals surface area contributed by atoms with Crippen molar-refractivity contribution < 1.29 is 23.2 Å². The van der Waals surface area contributed by atoms with E-state index < -0.39 is 17.6 Å². The van der Waals surface area contributed by atoms with Gasteiger partial charge in [0.25, 0.3) is 0 Å². The van der Waals surface area contributed by atoms with Crippen LogP contribution in [0, 0.1) is 26.7 Å². The molecule has 0 aliphatic rings. The van der Waals surface area contributed by atoms with Gasteiger partial charge in [-0.15, -0.1) is 0 Å². The number of amides is 1. The highest BCUT2D eigenvalue weighted by atomic mass is 16.5. The van der Waals surface area contributed by atoms with Crippen LogP contribution in [0.5, 0.6) is 0 Å². The molecule has 7 nitrogen and oxygen atoms in total. The summed E-state index contributed by atoms with van der Waals surface area (Å²) < 4.78 is 16.0. The highest BCUT2D eigenvalue weighted by Gasteiger charge is 2.25. The topological polar surface area (TPSA) is 98.8 Å². The number of carbonyl (C=O) groups excluding carboxylic acids is 2. The lowest BCUT2D eigenvalue weighted by Crippen LogP contribution is -2.45. The molecule has 0 aliphatic heterocycles. The minimum absolute atomic E-state index is 0.0588. The second-order valence-electron chi connectivity index (χ2n) is 7.98. The van der Waals surface area contributed by atoms with Gasteiger partial charge in [-0.2, -0.15) is 0 Å². The molecule has 1 atom stereocenters. The van der Waals surface area contributed by atoms with Crippen LogP contribution < -0.4 is 10.9 Å². The number of benzene rings is 1. The number of rotatable bonds is 6. The number of nitrogens with one attached hydrogen (secondary N) is 1. The van der Waals surface area contributed by atoms with Gasteiger partial charge >= 0.3 is 11.6 Å². The van der Waals surface area contributed by atoms with Gasteiger partial charge in [0.05, 0.1) is 13.4 Å². The first kappa shape index (κ1) is 21.6. The van der Waals surface area contributed by atoms with Crippen LogP contribution in [0.25, 0.3) is 21.9 Å². The number of hydrogen-bond acceptors (Lipinski definition) is 6. The largest absolute Gasteiger partial charge is 0.467 e. The zero-order valence-corrected chi connectivity index (χ0v) is 18.2. The highest BCUT2D eigenvalue weighted by Crippen LogP contribution is 2.32. The Morgan fingerprint density at radius 1 is 1.10 bits per heavy atom. The summed E-state index contributed by atoms with van der Waals surface area (Å²) in [4.78, 5) is 36.9. The first-order valence-corrected chi connectivity index (χ1v) is 9.96. The Morgan fingerprint density at radius 3 is 2.43 bits per heavy atom. The van der Waals surface area contributed by atoms with E-state index in [1.54, 1.807) is 6.26 Å². The minimum atomic E-state index is -0.725. The number of furan rings is 1. The quantitative estimate of drug-likeness (QED) is 0.489. The van der Waals surface area contributed by atoms with Crippen LogP contribution in [0.2, 0.25) is 0 Å². The third kappa shape index (κ3) is 3.84. The van der Waals surface area contributed by atoms with Gasteiger partial charge in [-0.05, 0) is 50.3 Å². The molecule has 2 heterocycles. The van der Waals surface area contributed by atoms with Gasteiger partial charge in [0.15, 0.2) is 0 Å². The van der Waals surface area contributed by atoms with Crippen molar-refractivity contribution >= 4 is 33.8 Å². The molecule has 1 aromatic carbocycles. The van der Waals surface area contributed by atoms with E-state index in [1.165, 1.54) is 7.11 Å². The monoisotopic (exact) mass is 413 g/mol. The molecule has 3 aromatic rings. The molecular weight excluding hydrogens is 386 g/mol. The number of methoxy groups -OCH3 is 1. The Labute approximate surface area is 174 Å². The smallest absolute Gasteiger partial charge is 0.339 e. The highest BCUT2D eigenvalue weighted by molar-refractivity contribution is 5.99. The van der Waals surface area contributed by atoms with Crippen molar-refractivity contribution in [2.75, 3.05) is 7.11 Å². The van der Waals surface area contributed by atoms with Crippen molar-refractivity contribution in [2.24, 2.45) is 5.92 Å². The Balaban J connectivity index is 1.90. The first-order valence-electron chi connectivity index (χ1n) is 9.96. The summed E-state index contributed by atoms with van der Waals surface area (Å²) in [6.07, 6.45) is 1.95. The van der Waals surface area contributed by atoms with Gasteiger partial charge in [-0.1, -0.05) is 13.8 Å². The van der Waals surface area contributed by atoms with Gasteiger partial charge in [0, 0.05) is 28.3 Å². The molecule has 1 N–H and O–H groups in total. The van der Waals surface area contributed by atoms with Crippen molar-refractivity contribution in [3.05, 3.63) is 45.0 Å². The maximum absolute atomic E-state index is 12.6. The normalized spacial score (nSPS) is 12.5. The molecule has 7 heteroatoms. The average Bonchev–Trinajstić information content (AvgIpc) is 3.07. The number of aryl methyl sites for hydroxylation is 3. The predicted octanol–water partition coefficient (Wildman–Crippen LogP) is 3.71. The fraction of sp³-hybridized carbons (Fsp3) is 0.435. The predicted molar refractivity (Wildman–Crippen MR) is 114 cm³/mol. The maximum atomic E-state index is 12.6. The minimum Gasteiger partial charge on any atom is -0.467 e. The number of carbonyl (C=O) groups is 2. The van der Waals surface area contributed by atoms with Crippen molar-refractivity contribution in [1.29, 1.82) is 0 Å². The Kier molecular flexibility index (Phi) is 6.01. The fourth-order valence-corrected chi connectivity index (χ4v) is 3.72. The van der Waals surface area contributed by atoms with E-state index in [-0.39, 0.29) is 24.7 Å². The van der Waals surface area contributed by atoms with E-state index in [4.69, 9.17) is 13.6 Å². The van der Waals surface area contributed by atoms with Crippen molar-refractivity contribution in [2.45, 2.75) is 53.5 Å². The van der Waals surface area contributed by atoms with E-state index in [2.05, 4.69) is 5.32 Å². The zero-order valence-electron chi connectivity index (χ0n) is 18.2. The molecule has 160 valence electrons. The van der Waals surface area contributed by atoms with Gasteiger partial charge in [-0.3, -0.25) is 4.79 Å². The maximum Gasteiger partial charge on any atom is 0.339 e. The lowest BCUT2D eigenvalue weighted by Gasteiger charge is -2.19. The summed E-state index contributed by atoms with van der Waals surface area (Å²) in [6, 6.07) is 1.24. The SMILES string of the molecule is COC(=O)C(NC(=O)CCc1c(C)c2cc3c(C)coc3c(C)c2oc1=O)C(C)C. The lowest BCUT2D eigenvalue weighted by atomic mass is 9.98. The number of esters is 1. The fourth-order valence-electron chi connectivity index (χ4n) is 3.72. The van der Waals surface area contributed by atoms with Crippen molar-refractivity contribution in [3.8, 4) is 0 Å². The Hall–Kier alpha value is -3.09. The van der Waals surface area contributed by atoms with Gasteiger partial charge in [0.2, 0.25) is 5.91 Å². The molecule has 0 saturated heterocycles. The molecule has 0 bridgehead atoms. The molecular formula is C23H27NO6. The molecule has 0 fully saturated rings. The molecule has 1 amide bonds. The molecule has 30 heavy (non-hydrogen) atoms. The summed E-state index contributed by atoms with van der Waals surface area (Å²) in [5.41, 5.74) is 3.76. The van der Waals surface area contributed by atoms with Crippen LogP contribution in [-0.2, 0) is 20.7 Å². The average molecular weight is 413 g/mol. The Morgan fingerprint density at radius 2 is 1.80 bits per heavy atom. The lowest BCUT2D eigenvalue weighted by molar-refractivity contribution is -0.146. The van der Waals surface area contributed by atoms with E-state index in [0.29, 0.717) is 16.7 Å². The van der Waals surface area contributed by atoms with E-state index >= 15 is 0 Å². The summed E-state index contributed by atoms with van der Waals surface area (Å²) in [7, 11) is 1.29. The Bertz CT molecular complexity index is 1180. The summed E-state index contributed by atoms with van der Waals surface area (Å²) in [5.74, 6) is -0.928. The number of fused-ring (bicyclic) bond motifs is 2. The van der Waals surface area contributed by atoms with Crippen LogP contribution >= 0.6 is 0 Å². The molecule has 0 radical (unpaired) electrons. The molecule has 1 unspecified atom stereocenters. The van der Waals surface area contributed by atoms with Crippen LogP contribution in [0.3, 0.4) is 0 Å². The third-order valence-electron chi connectivity index (χ3n) is 5.58. The first-order chi connectivity index (χ1) is 14.1. The molecule has 3 rings (SSSR count). The second kappa shape index (κ2) is 8.34. The van der Waals surface area contributed by atoms with E-state index in [1.807, 2.05) is 40.7 Å². The van der Waals surface area contributed by atoms with Gasteiger partial charge in [0.1, 0.15) is 17.2 Å². The van der Waals surface area contributed by atoms with Gasteiger partial charge in [-0.25, -0.2) is 9.59 Å². The van der Waals surface area contributed by atoms with Crippen LogP contribution in [0.4, 0.5) is 0 Å². The molecule has 0 saturated carbocycles. The summed E-state index contributed by atoms with van der Waals surface area (Å²) in [6.45, 7) is 9.33. The summed E-state index contributed by atoms with van der Waals surface area (Å²) in [5, 5.41) is 4.49. The van der Waals surface area contributed by atoms with Gasteiger partial charge < -0.3 is 18.9 Å². The van der Waals surface area contributed by atoms with E-state index in [9.17, 15) is 14.4 Å². The third-order valence-corrected chi connectivity index (χ3v) is 5.58. The van der Waals surface area contributed by atoms with E-state index in [0.717, 1.165) is 27.5 Å². The zero-order chi connectivity index (χ0) is 22.2. The van der Waals surface area contributed by atoms with Crippen LogP contribution in [0.1, 0.15) is 42.5 Å². The van der Waals surface area contributed by atoms with Crippen LogP contribution in [0.15, 0.2) is 26.0 Å². The molecule has 0 aliphatic carbocycles. The molecule has 2 aromatic heterocycles. The number of hydrogen-bond donors (Lipinski definition) is 1. The summed E-state index contributed by atoms with van der Waals surface area (Å²) >= 11 is 0. The molecule has 0 spiro atoms. The number of ether oxygens (including phenoxy) is 1. The van der Waals surface area contributed by atoms with Crippen LogP contribution in [-0.4, -0.2) is 25.0 Å². The standard InChI is InChI=1S/C23H27NO6/c1-11(2)19(23(27)28-6)24-18(25)8-7-15-13(4)17-9-16-12(3)10-29-20(16)14(5)21(17)30-22(15)26/h9-11,19H,7-8H2,1-6H3,(H,24,25). The second-order valence-corrected chi connectivity index (χ2v) is 7.98.